The van der Waals surface area contributed by atoms with Gasteiger partial charge in [0.1, 0.15) is 5.75 Å². The maximum Gasteiger partial charge on any atom is 0.276 e. The second-order valence-corrected chi connectivity index (χ2v) is 6.12. The van der Waals surface area contributed by atoms with E-state index in [4.69, 9.17) is 4.74 Å². The van der Waals surface area contributed by atoms with E-state index >= 15 is 0 Å². The molecule has 3 rings (SSSR count). The molecule has 0 radical (unpaired) electrons. The lowest BCUT2D eigenvalue weighted by Gasteiger charge is -2.31. The summed E-state index contributed by atoms with van der Waals surface area (Å²) in [5.74, 6) is 1.80. The van der Waals surface area contributed by atoms with Crippen molar-refractivity contribution < 1.29 is 9.53 Å². The fraction of sp³-hybridized carbons (Fsp3) is 0.389. The van der Waals surface area contributed by atoms with Crippen LogP contribution in [0.15, 0.2) is 36.4 Å². The molecule has 0 saturated carbocycles. The van der Waals surface area contributed by atoms with Gasteiger partial charge in [-0.3, -0.25) is 4.79 Å². The molecule has 0 spiro atoms. The monoisotopic (exact) mass is 326 g/mol. The highest BCUT2D eigenvalue weighted by molar-refractivity contribution is 6.03. The first-order valence-electron chi connectivity index (χ1n) is 8.20. The molecule has 6 nitrogen and oxygen atoms in total. The van der Waals surface area contributed by atoms with Crippen LogP contribution >= 0.6 is 0 Å². The third-order valence-electron chi connectivity index (χ3n) is 4.22. The van der Waals surface area contributed by atoms with Gasteiger partial charge in [0.2, 0.25) is 0 Å². The Balaban J connectivity index is 1.70. The Morgan fingerprint density at radius 3 is 2.79 bits per heavy atom. The topological polar surface area (TPSA) is 67.3 Å². The largest absolute Gasteiger partial charge is 0.495 e. The van der Waals surface area contributed by atoms with Crippen LogP contribution in [0, 0.1) is 5.92 Å². The Bertz CT molecular complexity index is 702. The average Bonchev–Trinajstić information content (AvgIpc) is 2.62. The predicted octanol–water partition coefficient (Wildman–Crippen LogP) is 2.97. The third-order valence-corrected chi connectivity index (χ3v) is 4.22. The van der Waals surface area contributed by atoms with Gasteiger partial charge in [0.05, 0.1) is 12.8 Å². The summed E-state index contributed by atoms with van der Waals surface area (Å²) in [5, 5.41) is 11.1. The number of benzene rings is 1. The fourth-order valence-corrected chi connectivity index (χ4v) is 2.95. The number of hydrogen-bond acceptors (Lipinski definition) is 5. The third kappa shape index (κ3) is 3.64. The Hall–Kier alpha value is -2.63. The van der Waals surface area contributed by atoms with Gasteiger partial charge in [0.15, 0.2) is 11.5 Å². The highest BCUT2D eigenvalue weighted by Crippen LogP contribution is 2.24. The normalized spacial score (nSPS) is 17.4. The van der Waals surface area contributed by atoms with Crippen molar-refractivity contribution >= 4 is 17.4 Å². The van der Waals surface area contributed by atoms with Crippen molar-refractivity contribution in [3.63, 3.8) is 0 Å². The highest BCUT2D eigenvalue weighted by Gasteiger charge is 2.18. The zero-order valence-corrected chi connectivity index (χ0v) is 14.0. The Morgan fingerprint density at radius 1 is 1.25 bits per heavy atom. The Labute approximate surface area is 141 Å². The number of piperidine rings is 1. The molecular formula is C18H22N4O2. The summed E-state index contributed by atoms with van der Waals surface area (Å²) < 4.78 is 5.23. The van der Waals surface area contributed by atoms with Gasteiger partial charge in [-0.1, -0.05) is 19.1 Å². The van der Waals surface area contributed by atoms with Crippen molar-refractivity contribution in [1.29, 1.82) is 0 Å². The number of ether oxygens (including phenoxy) is 1. The first-order valence-corrected chi connectivity index (χ1v) is 8.20. The van der Waals surface area contributed by atoms with E-state index in [9.17, 15) is 4.79 Å². The second kappa shape index (κ2) is 7.29. The molecule has 2 aromatic rings. The van der Waals surface area contributed by atoms with Crippen LogP contribution in [0.4, 0.5) is 11.5 Å². The smallest absolute Gasteiger partial charge is 0.276 e. The molecule has 6 heteroatoms. The summed E-state index contributed by atoms with van der Waals surface area (Å²) in [6.07, 6.45) is 2.42. The number of anilines is 2. The number of nitrogens with zero attached hydrogens (tertiary/aromatic N) is 3. The highest BCUT2D eigenvalue weighted by atomic mass is 16.5. The van der Waals surface area contributed by atoms with E-state index in [1.807, 2.05) is 18.2 Å². The molecule has 1 amide bonds. The molecule has 0 bridgehead atoms. The van der Waals surface area contributed by atoms with E-state index in [2.05, 4.69) is 27.3 Å². The maximum absolute atomic E-state index is 12.3. The summed E-state index contributed by atoms with van der Waals surface area (Å²) in [5.41, 5.74) is 0.899. The van der Waals surface area contributed by atoms with Gasteiger partial charge >= 0.3 is 0 Å². The molecule has 0 aliphatic carbocycles. The minimum Gasteiger partial charge on any atom is -0.495 e. The number of hydrogen-bond donors (Lipinski definition) is 1. The number of nitrogens with one attached hydrogen (secondary N) is 1. The lowest BCUT2D eigenvalue weighted by molar-refractivity contribution is 0.102. The number of amides is 1. The Morgan fingerprint density at radius 2 is 2.08 bits per heavy atom. The number of aromatic nitrogens is 2. The molecule has 1 aliphatic rings. The Kier molecular flexibility index (Phi) is 4.93. The van der Waals surface area contributed by atoms with Gasteiger partial charge in [-0.05, 0) is 43.0 Å². The average molecular weight is 326 g/mol. The van der Waals surface area contributed by atoms with Crippen LogP contribution < -0.4 is 15.0 Å². The number of rotatable bonds is 4. The van der Waals surface area contributed by atoms with Gasteiger partial charge in [0.25, 0.3) is 5.91 Å². The summed E-state index contributed by atoms with van der Waals surface area (Å²) in [4.78, 5) is 14.6. The zero-order chi connectivity index (χ0) is 16.9. The van der Waals surface area contributed by atoms with E-state index in [0.29, 0.717) is 17.4 Å². The van der Waals surface area contributed by atoms with E-state index in [0.717, 1.165) is 18.9 Å². The molecular weight excluding hydrogens is 304 g/mol. The molecule has 1 unspecified atom stereocenters. The first-order chi connectivity index (χ1) is 11.7. The van der Waals surface area contributed by atoms with E-state index in [1.54, 1.807) is 25.3 Å². The number of para-hydroxylation sites is 2. The van der Waals surface area contributed by atoms with Crippen molar-refractivity contribution in [2.45, 2.75) is 19.8 Å². The summed E-state index contributed by atoms with van der Waals surface area (Å²) in [6, 6.07) is 10.8. The summed E-state index contributed by atoms with van der Waals surface area (Å²) >= 11 is 0. The van der Waals surface area contributed by atoms with Crippen molar-refractivity contribution in [2.75, 3.05) is 30.4 Å². The second-order valence-electron chi connectivity index (χ2n) is 6.12. The van der Waals surface area contributed by atoms with Crippen molar-refractivity contribution in [1.82, 2.24) is 10.2 Å². The first kappa shape index (κ1) is 16.2. The standard InChI is InChI=1S/C18H22N4O2/c1-13-6-5-11-22(12-13)17-10-9-15(20-21-17)18(23)19-14-7-3-4-8-16(14)24-2/h3-4,7-10,13H,5-6,11-12H2,1-2H3,(H,19,23). The molecule has 1 atom stereocenters. The van der Waals surface area contributed by atoms with Crippen LogP contribution in [-0.4, -0.2) is 36.3 Å². The molecule has 24 heavy (non-hydrogen) atoms. The molecule has 1 aromatic heterocycles. The minimum absolute atomic E-state index is 0.287. The van der Waals surface area contributed by atoms with Gasteiger partial charge in [-0.2, -0.15) is 0 Å². The van der Waals surface area contributed by atoms with Crippen LogP contribution in [0.25, 0.3) is 0 Å². The van der Waals surface area contributed by atoms with Crippen molar-refractivity contribution in [3.05, 3.63) is 42.1 Å². The SMILES string of the molecule is COc1ccccc1NC(=O)c1ccc(N2CCCC(C)C2)nn1. The van der Waals surface area contributed by atoms with Crippen LogP contribution in [0.2, 0.25) is 0 Å². The molecule has 126 valence electrons. The van der Waals surface area contributed by atoms with E-state index < -0.39 is 0 Å². The lowest BCUT2D eigenvalue weighted by Crippen LogP contribution is -2.35. The van der Waals surface area contributed by atoms with Gasteiger partial charge in [-0.25, -0.2) is 0 Å². The van der Waals surface area contributed by atoms with Crippen LogP contribution in [0.5, 0.6) is 5.75 Å². The molecule has 1 fully saturated rings. The van der Waals surface area contributed by atoms with Crippen LogP contribution in [0.1, 0.15) is 30.3 Å². The number of carbonyl (C=O) groups excluding carboxylic acids is 1. The number of carbonyl (C=O) groups is 1. The summed E-state index contributed by atoms with van der Waals surface area (Å²) in [6.45, 7) is 4.22. The van der Waals surface area contributed by atoms with Gasteiger partial charge in [0, 0.05) is 13.1 Å². The van der Waals surface area contributed by atoms with Crippen molar-refractivity contribution in [3.8, 4) is 5.75 Å². The quantitative estimate of drug-likeness (QED) is 0.935. The molecule has 2 heterocycles. The van der Waals surface area contributed by atoms with E-state index in [-0.39, 0.29) is 11.6 Å². The van der Waals surface area contributed by atoms with Gasteiger partial charge in [-0.15, -0.1) is 10.2 Å². The van der Waals surface area contributed by atoms with E-state index in [1.165, 1.54) is 12.8 Å². The number of methoxy groups -OCH3 is 1. The van der Waals surface area contributed by atoms with Crippen molar-refractivity contribution in [2.24, 2.45) is 5.92 Å². The van der Waals surface area contributed by atoms with Gasteiger partial charge < -0.3 is 15.0 Å². The summed E-state index contributed by atoms with van der Waals surface area (Å²) in [7, 11) is 1.57. The molecule has 1 N–H and O–H groups in total. The maximum atomic E-state index is 12.3. The molecule has 1 aliphatic heterocycles. The fourth-order valence-electron chi connectivity index (χ4n) is 2.95. The predicted molar refractivity (Wildman–Crippen MR) is 93.6 cm³/mol. The van der Waals surface area contributed by atoms with Crippen LogP contribution in [-0.2, 0) is 0 Å². The molecule has 1 aromatic carbocycles. The zero-order valence-electron chi connectivity index (χ0n) is 14.0. The van der Waals surface area contributed by atoms with Crippen LogP contribution in [0.3, 0.4) is 0 Å². The minimum atomic E-state index is -0.300. The molecule has 1 saturated heterocycles. The lowest BCUT2D eigenvalue weighted by atomic mass is 10.0.